The van der Waals surface area contributed by atoms with Gasteiger partial charge in [-0.05, 0) is 31.2 Å². The van der Waals surface area contributed by atoms with E-state index in [2.05, 4.69) is 0 Å². The molecule has 20 heavy (non-hydrogen) atoms. The highest BCUT2D eigenvalue weighted by Gasteiger charge is 2.47. The van der Waals surface area contributed by atoms with E-state index >= 15 is 0 Å². The van der Waals surface area contributed by atoms with Crippen molar-refractivity contribution in [3.8, 4) is 0 Å². The van der Waals surface area contributed by atoms with Crippen LogP contribution in [0.15, 0.2) is 30.3 Å². The Bertz CT molecular complexity index is 565. The molecular weight excluding hydrogens is 276 g/mol. The third kappa shape index (κ3) is 3.60. The zero-order chi connectivity index (χ0) is 14.6. The number of sulfone groups is 1. The molecule has 0 saturated carbocycles. The summed E-state index contributed by atoms with van der Waals surface area (Å²) in [7, 11) is -3.17. The first-order valence-corrected chi connectivity index (χ1v) is 8.73. The molecule has 4 nitrogen and oxygen atoms in total. The van der Waals surface area contributed by atoms with Crippen LogP contribution in [0.1, 0.15) is 31.2 Å². The van der Waals surface area contributed by atoms with Crippen LogP contribution < -0.4 is 0 Å². The molecule has 1 atom stereocenters. The molecule has 110 valence electrons. The van der Waals surface area contributed by atoms with Gasteiger partial charge in [-0.25, -0.2) is 8.42 Å². The molecule has 0 radical (unpaired) electrons. The topological polar surface area (TPSA) is 71.4 Å². The summed E-state index contributed by atoms with van der Waals surface area (Å²) >= 11 is 0. The van der Waals surface area contributed by atoms with Crippen LogP contribution in [0.4, 0.5) is 0 Å². The lowest BCUT2D eigenvalue weighted by Crippen LogP contribution is -2.32. The zero-order valence-electron chi connectivity index (χ0n) is 11.4. The van der Waals surface area contributed by atoms with E-state index in [4.69, 9.17) is 0 Å². The maximum Gasteiger partial charge on any atom is 0.310 e. The molecule has 0 aromatic heterocycles. The van der Waals surface area contributed by atoms with Crippen molar-refractivity contribution >= 4 is 15.8 Å². The Kier molecular flexibility index (Phi) is 4.48. The molecule has 1 unspecified atom stereocenters. The van der Waals surface area contributed by atoms with E-state index in [1.807, 2.05) is 30.3 Å². The summed E-state index contributed by atoms with van der Waals surface area (Å²) in [6, 6.07) is 10.0. The number of unbranched alkanes of at least 4 members (excludes halogenated alkanes) is 1. The summed E-state index contributed by atoms with van der Waals surface area (Å²) in [6.07, 6.45) is 3.25. The third-order valence-corrected chi connectivity index (χ3v) is 5.87. The number of carboxylic acids is 1. The molecule has 1 fully saturated rings. The molecule has 1 aromatic carbocycles. The molecule has 1 saturated heterocycles. The van der Waals surface area contributed by atoms with Gasteiger partial charge in [0.15, 0.2) is 9.84 Å². The van der Waals surface area contributed by atoms with Crippen molar-refractivity contribution in [2.45, 2.75) is 32.1 Å². The fourth-order valence-corrected chi connectivity index (χ4v) is 4.93. The molecule has 0 spiro atoms. The summed E-state index contributed by atoms with van der Waals surface area (Å²) in [5.41, 5.74) is 0.186. The highest BCUT2D eigenvalue weighted by Crippen LogP contribution is 2.37. The van der Waals surface area contributed by atoms with Crippen LogP contribution in [-0.2, 0) is 21.1 Å². The first-order chi connectivity index (χ1) is 9.44. The fourth-order valence-electron chi connectivity index (χ4n) is 2.83. The van der Waals surface area contributed by atoms with Gasteiger partial charge in [0.05, 0.1) is 16.9 Å². The van der Waals surface area contributed by atoms with Crippen LogP contribution in [0.5, 0.6) is 0 Å². The van der Waals surface area contributed by atoms with Gasteiger partial charge in [-0.1, -0.05) is 36.8 Å². The first-order valence-electron chi connectivity index (χ1n) is 6.91. The lowest BCUT2D eigenvalue weighted by Gasteiger charge is -2.22. The number of aliphatic carboxylic acids is 1. The van der Waals surface area contributed by atoms with Crippen LogP contribution in [0.3, 0.4) is 0 Å². The van der Waals surface area contributed by atoms with Gasteiger partial charge in [0.1, 0.15) is 0 Å². The Morgan fingerprint density at radius 2 is 1.90 bits per heavy atom. The molecule has 0 amide bonds. The summed E-state index contributed by atoms with van der Waals surface area (Å²) < 4.78 is 23.1. The van der Waals surface area contributed by atoms with Gasteiger partial charge in [-0.3, -0.25) is 4.79 Å². The van der Waals surface area contributed by atoms with Crippen LogP contribution in [0.25, 0.3) is 0 Å². The zero-order valence-corrected chi connectivity index (χ0v) is 12.2. The van der Waals surface area contributed by atoms with Crippen LogP contribution >= 0.6 is 0 Å². The average Bonchev–Trinajstić information content (AvgIpc) is 2.73. The third-order valence-electron chi connectivity index (χ3n) is 4.06. The van der Waals surface area contributed by atoms with Gasteiger partial charge in [0.25, 0.3) is 0 Å². The van der Waals surface area contributed by atoms with E-state index < -0.39 is 21.2 Å². The van der Waals surface area contributed by atoms with Gasteiger partial charge in [-0.15, -0.1) is 0 Å². The van der Waals surface area contributed by atoms with Crippen molar-refractivity contribution < 1.29 is 18.3 Å². The second-order valence-corrected chi connectivity index (χ2v) is 7.80. The molecule has 1 aliphatic rings. The molecular formula is C15H20O4S. The summed E-state index contributed by atoms with van der Waals surface area (Å²) in [5.74, 6) is -1.14. The summed E-state index contributed by atoms with van der Waals surface area (Å²) in [5, 5.41) is 9.35. The van der Waals surface area contributed by atoms with E-state index in [1.165, 1.54) is 5.56 Å². The molecule has 1 heterocycles. The molecule has 1 aromatic rings. The second-order valence-electron chi connectivity index (χ2n) is 5.62. The number of hydrogen-bond donors (Lipinski definition) is 1. The van der Waals surface area contributed by atoms with Crippen LogP contribution in [0, 0.1) is 5.41 Å². The number of carboxylic acid groups (broad SMARTS) is 1. The Balaban J connectivity index is 1.87. The minimum absolute atomic E-state index is 0.0119. The largest absolute Gasteiger partial charge is 0.481 e. The Labute approximate surface area is 119 Å². The lowest BCUT2D eigenvalue weighted by molar-refractivity contribution is -0.147. The molecule has 0 aliphatic carbocycles. The smallest absolute Gasteiger partial charge is 0.310 e. The van der Waals surface area contributed by atoms with E-state index in [0.717, 1.165) is 19.3 Å². The van der Waals surface area contributed by atoms with Crippen molar-refractivity contribution in [1.82, 2.24) is 0 Å². The minimum Gasteiger partial charge on any atom is -0.481 e. The monoisotopic (exact) mass is 296 g/mol. The predicted molar refractivity (Wildman–Crippen MR) is 77.3 cm³/mol. The van der Waals surface area contributed by atoms with E-state index in [9.17, 15) is 18.3 Å². The van der Waals surface area contributed by atoms with Crippen molar-refractivity contribution in [2.24, 2.45) is 5.41 Å². The highest BCUT2D eigenvalue weighted by molar-refractivity contribution is 7.91. The maximum absolute atomic E-state index is 11.5. The molecule has 1 aliphatic heterocycles. The van der Waals surface area contributed by atoms with E-state index in [1.54, 1.807) is 0 Å². The quantitative estimate of drug-likeness (QED) is 0.818. The van der Waals surface area contributed by atoms with Gasteiger partial charge >= 0.3 is 5.97 Å². The molecule has 1 N–H and O–H groups in total. The van der Waals surface area contributed by atoms with Gasteiger partial charge < -0.3 is 5.11 Å². The Morgan fingerprint density at radius 3 is 2.45 bits per heavy atom. The van der Waals surface area contributed by atoms with Crippen molar-refractivity contribution in [3.63, 3.8) is 0 Å². The SMILES string of the molecule is O=C(O)C1(CCCCc2ccccc2)CCS(=O)(=O)C1. The lowest BCUT2D eigenvalue weighted by atomic mass is 9.82. The average molecular weight is 296 g/mol. The number of aryl methyl sites for hydroxylation is 1. The number of carbonyl (C=O) groups is 1. The van der Waals surface area contributed by atoms with Crippen molar-refractivity contribution in [1.29, 1.82) is 0 Å². The summed E-state index contributed by atoms with van der Waals surface area (Å²) in [6.45, 7) is 0. The van der Waals surface area contributed by atoms with E-state index in [0.29, 0.717) is 6.42 Å². The van der Waals surface area contributed by atoms with E-state index in [-0.39, 0.29) is 17.9 Å². The number of benzene rings is 1. The molecule has 2 rings (SSSR count). The highest BCUT2D eigenvalue weighted by atomic mass is 32.2. The van der Waals surface area contributed by atoms with Gasteiger partial charge in [0, 0.05) is 0 Å². The fraction of sp³-hybridized carbons (Fsp3) is 0.533. The van der Waals surface area contributed by atoms with Crippen molar-refractivity contribution in [3.05, 3.63) is 35.9 Å². The maximum atomic E-state index is 11.5. The van der Waals surface area contributed by atoms with Crippen LogP contribution in [0.2, 0.25) is 0 Å². The Hall–Kier alpha value is -1.36. The van der Waals surface area contributed by atoms with Crippen molar-refractivity contribution in [2.75, 3.05) is 11.5 Å². The van der Waals surface area contributed by atoms with Crippen LogP contribution in [-0.4, -0.2) is 31.0 Å². The standard InChI is InChI=1S/C15H20O4S/c16-14(17)15(10-11-20(18,19)12-15)9-5-4-8-13-6-2-1-3-7-13/h1-3,6-7H,4-5,8-12H2,(H,16,17). The Morgan fingerprint density at radius 1 is 1.20 bits per heavy atom. The minimum atomic E-state index is -3.17. The van der Waals surface area contributed by atoms with Gasteiger partial charge in [0.2, 0.25) is 0 Å². The normalized spacial score (nSPS) is 24.6. The number of hydrogen-bond acceptors (Lipinski definition) is 3. The first kappa shape index (κ1) is 15.0. The molecule has 0 bridgehead atoms. The summed E-state index contributed by atoms with van der Waals surface area (Å²) in [4.78, 5) is 11.4. The predicted octanol–water partition coefficient (Wildman–Crippen LogP) is 2.29. The number of rotatable bonds is 6. The molecule has 5 heteroatoms. The second kappa shape index (κ2) is 5.95. The van der Waals surface area contributed by atoms with Gasteiger partial charge in [-0.2, -0.15) is 0 Å².